The maximum Gasteiger partial charge on any atom is 0.00433 e. The number of aryl methyl sites for hydroxylation is 1. The quantitative estimate of drug-likeness (QED) is 0.755. The topological polar surface area (TPSA) is 38.0 Å². The Morgan fingerprint density at radius 1 is 1.16 bits per heavy atom. The minimum atomic E-state index is 0.166. The third kappa shape index (κ3) is 4.96. The van der Waals surface area contributed by atoms with E-state index < -0.39 is 0 Å². The highest BCUT2D eigenvalue weighted by molar-refractivity contribution is 5.28. The van der Waals surface area contributed by atoms with Gasteiger partial charge in [0.1, 0.15) is 0 Å². The van der Waals surface area contributed by atoms with E-state index in [0.717, 1.165) is 32.5 Å². The Kier molecular flexibility index (Phi) is 6.53. The van der Waals surface area contributed by atoms with Crippen molar-refractivity contribution in [1.29, 1.82) is 0 Å². The van der Waals surface area contributed by atoms with Crippen molar-refractivity contribution in [3.8, 4) is 0 Å². The van der Waals surface area contributed by atoms with Crippen molar-refractivity contribution in [1.82, 2.24) is 5.32 Å². The summed E-state index contributed by atoms with van der Waals surface area (Å²) in [5, 5.41) is 3.57. The van der Waals surface area contributed by atoms with E-state index in [4.69, 9.17) is 5.73 Å². The smallest absolute Gasteiger partial charge is 0.00433 e. The van der Waals surface area contributed by atoms with E-state index in [2.05, 4.69) is 57.3 Å². The predicted octanol–water partition coefficient (Wildman–Crippen LogP) is 3.10. The number of hydrogen-bond donors (Lipinski definition) is 2. The molecule has 0 bridgehead atoms. The lowest BCUT2D eigenvalue weighted by molar-refractivity contribution is 0.415. The average Bonchev–Trinajstić information content (AvgIpc) is 2.43. The molecule has 0 amide bonds. The first-order valence-electron chi connectivity index (χ1n) is 7.53. The van der Waals surface area contributed by atoms with Gasteiger partial charge in [0, 0.05) is 12.0 Å². The molecule has 0 saturated heterocycles. The van der Waals surface area contributed by atoms with Crippen LogP contribution < -0.4 is 11.1 Å². The van der Waals surface area contributed by atoms with Gasteiger partial charge in [0.05, 0.1) is 0 Å². The van der Waals surface area contributed by atoms with Crippen LogP contribution in [0, 0.1) is 5.92 Å². The number of rotatable bonds is 8. The molecule has 2 nitrogen and oxygen atoms in total. The first-order valence-corrected chi connectivity index (χ1v) is 7.53. The maximum atomic E-state index is 5.74. The van der Waals surface area contributed by atoms with Crippen LogP contribution in [0.1, 0.15) is 45.2 Å². The van der Waals surface area contributed by atoms with Crippen LogP contribution in [-0.2, 0) is 11.8 Å². The van der Waals surface area contributed by atoms with Gasteiger partial charge in [0.25, 0.3) is 0 Å². The van der Waals surface area contributed by atoms with Crippen LogP contribution in [0.15, 0.2) is 24.3 Å². The summed E-state index contributed by atoms with van der Waals surface area (Å²) in [6.45, 7) is 11.8. The van der Waals surface area contributed by atoms with Crippen LogP contribution in [-0.4, -0.2) is 19.6 Å². The molecule has 0 saturated carbocycles. The van der Waals surface area contributed by atoms with Gasteiger partial charge in [0.15, 0.2) is 0 Å². The van der Waals surface area contributed by atoms with Crippen LogP contribution in [0.4, 0.5) is 0 Å². The summed E-state index contributed by atoms with van der Waals surface area (Å²) < 4.78 is 0. The molecule has 2 heteroatoms. The molecule has 1 aromatic rings. The molecule has 0 aliphatic heterocycles. The van der Waals surface area contributed by atoms with Gasteiger partial charge in [-0.2, -0.15) is 0 Å². The highest BCUT2D eigenvalue weighted by Crippen LogP contribution is 2.22. The van der Waals surface area contributed by atoms with Crippen molar-refractivity contribution in [2.45, 2.75) is 46.0 Å². The van der Waals surface area contributed by atoms with Gasteiger partial charge < -0.3 is 11.1 Å². The van der Waals surface area contributed by atoms with E-state index in [9.17, 15) is 0 Å². The van der Waals surface area contributed by atoms with E-state index in [1.54, 1.807) is 0 Å². The Balaban J connectivity index is 2.54. The van der Waals surface area contributed by atoms with Crippen LogP contribution in [0.25, 0.3) is 0 Å². The van der Waals surface area contributed by atoms with Crippen LogP contribution >= 0.6 is 0 Å². The molecule has 0 heterocycles. The Bertz CT molecular complexity index is 350. The number of benzene rings is 1. The van der Waals surface area contributed by atoms with Crippen molar-refractivity contribution in [3.63, 3.8) is 0 Å². The van der Waals surface area contributed by atoms with E-state index in [0.29, 0.717) is 5.92 Å². The molecule has 0 radical (unpaired) electrons. The standard InChI is InChI=1S/C17H30N2/c1-5-14-7-9-16(10-8-14)17(3,4)13-19-12-15(6-2)11-18/h7-10,15,19H,5-6,11-13,18H2,1-4H3. The largest absolute Gasteiger partial charge is 0.330 e. The van der Waals surface area contributed by atoms with Gasteiger partial charge in [-0.25, -0.2) is 0 Å². The summed E-state index contributed by atoms with van der Waals surface area (Å²) >= 11 is 0. The highest BCUT2D eigenvalue weighted by Gasteiger charge is 2.20. The van der Waals surface area contributed by atoms with E-state index in [1.165, 1.54) is 11.1 Å². The summed E-state index contributed by atoms with van der Waals surface area (Å²) in [4.78, 5) is 0. The Hall–Kier alpha value is -0.860. The first-order chi connectivity index (χ1) is 9.03. The molecule has 0 aromatic heterocycles. The Morgan fingerprint density at radius 2 is 1.79 bits per heavy atom. The van der Waals surface area contributed by atoms with E-state index in [-0.39, 0.29) is 5.41 Å². The van der Waals surface area contributed by atoms with Crippen molar-refractivity contribution >= 4 is 0 Å². The minimum absolute atomic E-state index is 0.166. The van der Waals surface area contributed by atoms with Crippen molar-refractivity contribution in [3.05, 3.63) is 35.4 Å². The average molecular weight is 262 g/mol. The zero-order valence-electron chi connectivity index (χ0n) is 13.0. The van der Waals surface area contributed by atoms with Crippen molar-refractivity contribution < 1.29 is 0 Å². The summed E-state index contributed by atoms with van der Waals surface area (Å²) in [5.41, 5.74) is 8.71. The molecule has 1 rings (SSSR count). The molecule has 1 unspecified atom stereocenters. The van der Waals surface area contributed by atoms with Crippen LogP contribution in [0.3, 0.4) is 0 Å². The highest BCUT2D eigenvalue weighted by atomic mass is 14.9. The Morgan fingerprint density at radius 3 is 2.26 bits per heavy atom. The van der Waals surface area contributed by atoms with Gasteiger partial charge in [0.2, 0.25) is 0 Å². The summed E-state index contributed by atoms with van der Waals surface area (Å²) in [7, 11) is 0. The molecule has 0 aliphatic rings. The third-order valence-electron chi connectivity index (χ3n) is 4.05. The number of hydrogen-bond acceptors (Lipinski definition) is 2. The maximum absolute atomic E-state index is 5.74. The Labute approximate surface area is 118 Å². The molecule has 3 N–H and O–H groups in total. The molecule has 0 fully saturated rings. The van der Waals surface area contributed by atoms with Gasteiger partial charge in [-0.1, -0.05) is 58.4 Å². The second kappa shape index (κ2) is 7.66. The molecule has 1 atom stereocenters. The fourth-order valence-electron chi connectivity index (χ4n) is 2.28. The lowest BCUT2D eigenvalue weighted by Crippen LogP contribution is -2.37. The lowest BCUT2D eigenvalue weighted by Gasteiger charge is -2.27. The van der Waals surface area contributed by atoms with Crippen molar-refractivity contribution in [2.24, 2.45) is 11.7 Å². The first kappa shape index (κ1) is 16.2. The SMILES string of the molecule is CCc1ccc(C(C)(C)CNCC(CC)CN)cc1. The summed E-state index contributed by atoms with van der Waals surface area (Å²) in [6.07, 6.45) is 2.25. The second-order valence-electron chi connectivity index (χ2n) is 6.08. The molecule has 108 valence electrons. The van der Waals surface area contributed by atoms with Crippen LogP contribution in [0.5, 0.6) is 0 Å². The zero-order valence-corrected chi connectivity index (χ0v) is 13.0. The zero-order chi connectivity index (χ0) is 14.3. The molecule has 19 heavy (non-hydrogen) atoms. The fourth-order valence-corrected chi connectivity index (χ4v) is 2.28. The van der Waals surface area contributed by atoms with Gasteiger partial charge in [-0.15, -0.1) is 0 Å². The van der Waals surface area contributed by atoms with E-state index >= 15 is 0 Å². The number of nitrogens with one attached hydrogen (secondary N) is 1. The second-order valence-corrected chi connectivity index (χ2v) is 6.08. The summed E-state index contributed by atoms with van der Waals surface area (Å²) in [6, 6.07) is 9.01. The predicted molar refractivity (Wildman–Crippen MR) is 84.6 cm³/mol. The van der Waals surface area contributed by atoms with Crippen LogP contribution in [0.2, 0.25) is 0 Å². The molecule has 0 aliphatic carbocycles. The van der Waals surface area contributed by atoms with E-state index in [1.807, 2.05) is 0 Å². The lowest BCUT2D eigenvalue weighted by atomic mass is 9.84. The third-order valence-corrected chi connectivity index (χ3v) is 4.05. The monoisotopic (exact) mass is 262 g/mol. The molecule has 0 spiro atoms. The summed E-state index contributed by atoms with van der Waals surface area (Å²) in [5.74, 6) is 0.596. The molecular formula is C17H30N2. The molecule has 1 aromatic carbocycles. The fraction of sp³-hybridized carbons (Fsp3) is 0.647. The van der Waals surface area contributed by atoms with Gasteiger partial charge in [-0.3, -0.25) is 0 Å². The molecular weight excluding hydrogens is 232 g/mol. The number of nitrogens with two attached hydrogens (primary N) is 1. The normalized spacial score (nSPS) is 13.5. The van der Waals surface area contributed by atoms with Gasteiger partial charge in [-0.05, 0) is 36.6 Å². The minimum Gasteiger partial charge on any atom is -0.330 e. The van der Waals surface area contributed by atoms with Crippen molar-refractivity contribution in [2.75, 3.05) is 19.6 Å². The van der Waals surface area contributed by atoms with Gasteiger partial charge >= 0.3 is 0 Å².